The lowest BCUT2D eigenvalue weighted by molar-refractivity contribution is 0.601. The van der Waals surface area contributed by atoms with Crippen LogP contribution in [0.2, 0.25) is 0 Å². The van der Waals surface area contributed by atoms with Crippen molar-refractivity contribution in [3.05, 3.63) is 83.3 Å². The van der Waals surface area contributed by atoms with Gasteiger partial charge in [-0.1, -0.05) is 18.2 Å². The van der Waals surface area contributed by atoms with Crippen LogP contribution in [0.25, 0.3) is 10.9 Å². The summed E-state index contributed by atoms with van der Waals surface area (Å²) in [5.41, 5.74) is 0.625. The van der Waals surface area contributed by atoms with E-state index in [-0.39, 0.29) is 16.7 Å². The Bertz CT molecular complexity index is 1340. The summed E-state index contributed by atoms with van der Waals surface area (Å²) in [7, 11) is -3.78. The van der Waals surface area contributed by atoms with Crippen molar-refractivity contribution < 1.29 is 8.42 Å². The van der Waals surface area contributed by atoms with Crippen molar-refractivity contribution in [2.24, 2.45) is 0 Å². The molecule has 0 aliphatic carbocycles. The summed E-state index contributed by atoms with van der Waals surface area (Å²) >= 11 is 0. The molecule has 0 spiro atoms. The number of hydrogen-bond donors (Lipinski definition) is 3. The Labute approximate surface area is 165 Å². The Balaban J connectivity index is 1.60. The van der Waals surface area contributed by atoms with E-state index < -0.39 is 15.6 Å². The monoisotopic (exact) mass is 408 g/mol. The fraction of sp³-hybridized carbons (Fsp3) is 0. The molecule has 0 aliphatic rings. The number of benzene rings is 2. The first-order valence-corrected chi connectivity index (χ1v) is 10.0. The first-order chi connectivity index (χ1) is 13.9. The number of pyridine rings is 1. The molecule has 4 N–H and O–H groups in total. The molecule has 2 heterocycles. The van der Waals surface area contributed by atoms with Crippen LogP contribution in [0, 0.1) is 0 Å². The van der Waals surface area contributed by atoms with E-state index in [1.54, 1.807) is 54.6 Å². The molecule has 0 atom stereocenters. The fourth-order valence-corrected chi connectivity index (χ4v) is 3.71. The van der Waals surface area contributed by atoms with E-state index in [1.165, 1.54) is 18.3 Å². The zero-order valence-corrected chi connectivity index (χ0v) is 15.8. The maximum Gasteiger partial charge on any atom is 0.281 e. The molecule has 0 saturated heterocycles. The van der Waals surface area contributed by atoms with E-state index in [0.29, 0.717) is 16.6 Å². The fourth-order valence-electron chi connectivity index (χ4n) is 2.70. The smallest absolute Gasteiger partial charge is 0.281 e. The van der Waals surface area contributed by atoms with Gasteiger partial charge in [-0.05, 0) is 48.5 Å². The van der Waals surface area contributed by atoms with Crippen molar-refractivity contribution in [1.82, 2.24) is 14.6 Å². The highest BCUT2D eigenvalue weighted by atomic mass is 32.2. The molecule has 0 saturated carbocycles. The molecule has 10 heteroatoms. The van der Waals surface area contributed by atoms with Crippen molar-refractivity contribution in [3.63, 3.8) is 0 Å². The highest BCUT2D eigenvalue weighted by Gasteiger charge is 2.15. The Morgan fingerprint density at radius 1 is 0.931 bits per heavy atom. The van der Waals surface area contributed by atoms with Gasteiger partial charge in [0.15, 0.2) is 0 Å². The number of nitrogens with two attached hydrogens (primary N) is 1. The van der Waals surface area contributed by atoms with Crippen LogP contribution in [0.1, 0.15) is 0 Å². The number of aromatic nitrogens is 3. The SMILES string of the molecule is Nn1c(Nc2ccc(S(=O)(=O)Nc3ccccn3)cc2)nc2ccccc2c1=O. The lowest BCUT2D eigenvalue weighted by atomic mass is 10.2. The van der Waals surface area contributed by atoms with Crippen LogP contribution < -0.4 is 21.4 Å². The van der Waals surface area contributed by atoms with Gasteiger partial charge in [-0.3, -0.25) is 9.52 Å². The third kappa shape index (κ3) is 3.73. The van der Waals surface area contributed by atoms with Gasteiger partial charge in [-0.25, -0.2) is 18.4 Å². The molecule has 0 bridgehead atoms. The quantitative estimate of drug-likeness (QED) is 0.431. The van der Waals surface area contributed by atoms with Gasteiger partial charge in [0.05, 0.1) is 15.8 Å². The summed E-state index contributed by atoms with van der Waals surface area (Å²) in [5.74, 6) is 6.21. The van der Waals surface area contributed by atoms with Gasteiger partial charge in [-0.2, -0.15) is 4.68 Å². The van der Waals surface area contributed by atoms with Gasteiger partial charge < -0.3 is 11.2 Å². The molecule has 0 unspecified atom stereocenters. The molecular weight excluding hydrogens is 392 g/mol. The van der Waals surface area contributed by atoms with E-state index in [1.807, 2.05) is 0 Å². The zero-order valence-electron chi connectivity index (χ0n) is 15.0. The number of fused-ring (bicyclic) bond motifs is 1. The Morgan fingerprint density at radius 3 is 2.38 bits per heavy atom. The van der Waals surface area contributed by atoms with Crippen LogP contribution in [0.3, 0.4) is 0 Å². The van der Waals surface area contributed by atoms with E-state index >= 15 is 0 Å². The van der Waals surface area contributed by atoms with Gasteiger partial charge in [0, 0.05) is 11.9 Å². The summed E-state index contributed by atoms with van der Waals surface area (Å²) in [6, 6.07) is 17.7. The highest BCUT2D eigenvalue weighted by Crippen LogP contribution is 2.19. The van der Waals surface area contributed by atoms with E-state index in [9.17, 15) is 13.2 Å². The second kappa shape index (κ2) is 7.24. The van der Waals surface area contributed by atoms with Crippen LogP contribution >= 0.6 is 0 Å². The van der Waals surface area contributed by atoms with Crippen molar-refractivity contribution in [1.29, 1.82) is 0 Å². The topological polar surface area (TPSA) is 132 Å². The lowest BCUT2D eigenvalue weighted by Gasteiger charge is -2.12. The number of anilines is 3. The van der Waals surface area contributed by atoms with Crippen molar-refractivity contribution >= 4 is 38.4 Å². The number of sulfonamides is 1. The summed E-state index contributed by atoms with van der Waals surface area (Å²) < 4.78 is 28.2. The number of nitrogens with one attached hydrogen (secondary N) is 2. The average Bonchev–Trinajstić information content (AvgIpc) is 2.73. The number of hydrogen-bond acceptors (Lipinski definition) is 7. The second-order valence-electron chi connectivity index (χ2n) is 6.10. The lowest BCUT2D eigenvalue weighted by Crippen LogP contribution is -2.30. The van der Waals surface area contributed by atoms with E-state index in [4.69, 9.17) is 5.84 Å². The molecule has 4 aromatic rings. The molecule has 0 fully saturated rings. The Morgan fingerprint density at radius 2 is 1.66 bits per heavy atom. The predicted octanol–water partition coefficient (Wildman–Crippen LogP) is 2.05. The molecule has 4 rings (SSSR count). The van der Waals surface area contributed by atoms with E-state index in [0.717, 1.165) is 4.68 Å². The maximum atomic E-state index is 12.5. The van der Waals surface area contributed by atoms with Crippen LogP contribution in [0.4, 0.5) is 17.5 Å². The largest absolute Gasteiger partial charge is 0.333 e. The number of nitrogen functional groups attached to an aromatic ring is 1. The van der Waals surface area contributed by atoms with Crippen LogP contribution in [0.5, 0.6) is 0 Å². The predicted molar refractivity (Wildman–Crippen MR) is 111 cm³/mol. The first-order valence-electron chi connectivity index (χ1n) is 8.52. The molecule has 0 radical (unpaired) electrons. The van der Waals surface area contributed by atoms with Gasteiger partial charge in [-0.15, -0.1) is 0 Å². The third-order valence-electron chi connectivity index (χ3n) is 4.13. The van der Waals surface area contributed by atoms with Gasteiger partial charge >= 0.3 is 0 Å². The Hall–Kier alpha value is -3.92. The third-order valence-corrected chi connectivity index (χ3v) is 5.50. The molecule has 29 heavy (non-hydrogen) atoms. The van der Waals surface area contributed by atoms with Gasteiger partial charge in [0.25, 0.3) is 15.6 Å². The van der Waals surface area contributed by atoms with Crippen molar-refractivity contribution in [2.45, 2.75) is 4.90 Å². The summed E-state index contributed by atoms with van der Waals surface area (Å²) in [5, 5.41) is 3.34. The summed E-state index contributed by atoms with van der Waals surface area (Å²) in [6.07, 6.45) is 1.49. The minimum atomic E-state index is -3.78. The average molecular weight is 408 g/mol. The van der Waals surface area contributed by atoms with Gasteiger partial charge in [0.2, 0.25) is 5.95 Å². The highest BCUT2D eigenvalue weighted by molar-refractivity contribution is 7.92. The second-order valence-corrected chi connectivity index (χ2v) is 7.78. The molecule has 0 amide bonds. The maximum absolute atomic E-state index is 12.5. The normalized spacial score (nSPS) is 11.3. The number of nitrogens with zero attached hydrogens (tertiary/aromatic N) is 3. The first kappa shape index (κ1) is 18.4. The van der Waals surface area contributed by atoms with Crippen LogP contribution in [-0.2, 0) is 10.0 Å². The molecular formula is C19H16N6O3S. The standard InChI is InChI=1S/C19H16N6O3S/c20-25-18(26)15-5-1-2-6-16(15)23-19(25)22-13-8-10-14(11-9-13)29(27,28)24-17-7-3-4-12-21-17/h1-12H,20H2,(H,21,24)(H,22,23). The summed E-state index contributed by atoms with van der Waals surface area (Å²) in [4.78, 5) is 20.7. The van der Waals surface area contributed by atoms with Crippen molar-refractivity contribution in [2.75, 3.05) is 15.9 Å². The van der Waals surface area contributed by atoms with E-state index in [2.05, 4.69) is 20.0 Å². The molecule has 0 aliphatic heterocycles. The molecule has 9 nitrogen and oxygen atoms in total. The number of rotatable bonds is 5. The number of para-hydroxylation sites is 1. The van der Waals surface area contributed by atoms with Crippen LogP contribution in [-0.4, -0.2) is 23.1 Å². The zero-order chi connectivity index (χ0) is 20.4. The van der Waals surface area contributed by atoms with Crippen molar-refractivity contribution in [3.8, 4) is 0 Å². The van der Waals surface area contributed by atoms with Crippen LogP contribution in [0.15, 0.2) is 82.6 Å². The molecule has 146 valence electrons. The Kier molecular flexibility index (Phi) is 4.61. The molecule has 2 aromatic carbocycles. The summed E-state index contributed by atoms with van der Waals surface area (Å²) in [6.45, 7) is 0. The van der Waals surface area contributed by atoms with Gasteiger partial charge in [0.1, 0.15) is 5.82 Å². The minimum absolute atomic E-state index is 0.0605. The molecule has 2 aromatic heterocycles. The minimum Gasteiger partial charge on any atom is -0.333 e.